The van der Waals surface area contributed by atoms with E-state index in [1.54, 1.807) is 13.8 Å². The Bertz CT molecular complexity index is 512. The number of rotatable bonds is 3. The van der Waals surface area contributed by atoms with Crippen molar-refractivity contribution in [3.8, 4) is 0 Å². The first-order valence-corrected chi connectivity index (χ1v) is 5.85. The average Bonchev–Trinajstić information content (AvgIpc) is 2.36. The first-order valence-electron chi connectivity index (χ1n) is 5.85. The summed E-state index contributed by atoms with van der Waals surface area (Å²) in [5, 5.41) is 0. The van der Waals surface area contributed by atoms with Crippen molar-refractivity contribution in [2.45, 2.75) is 25.6 Å². The van der Waals surface area contributed by atoms with E-state index in [1.807, 2.05) is 0 Å². The molecule has 0 unspecified atom stereocenters. The lowest BCUT2D eigenvalue weighted by Gasteiger charge is -2.34. The molecule has 112 valence electrons. The number of carbonyl (C=O) groups is 1. The van der Waals surface area contributed by atoms with E-state index in [9.17, 15) is 22.4 Å². The quantitative estimate of drug-likeness (QED) is 0.871. The second-order valence-corrected chi connectivity index (χ2v) is 5.07. The molecule has 0 atom stereocenters. The Labute approximate surface area is 114 Å². The maximum atomic E-state index is 13.2. The van der Waals surface area contributed by atoms with Gasteiger partial charge in [0.15, 0.2) is 0 Å². The number of likely N-dealkylation sites (N-methyl/N-ethyl adjacent to an activating group) is 1. The standard InChI is InChI=1S/C13H16F4N2O/c1-12(2,7-18)19(3)11(20)8-4-5-10(14)9(6-8)13(15,16)17/h4-6H,7,18H2,1-3H3. The predicted molar refractivity (Wildman–Crippen MR) is 66.6 cm³/mol. The molecule has 0 saturated carbocycles. The SMILES string of the molecule is CN(C(=O)c1ccc(F)c(C(F)(F)F)c1)C(C)(C)CN. The van der Waals surface area contributed by atoms with Gasteiger partial charge in [0.2, 0.25) is 0 Å². The number of amides is 1. The molecule has 1 amide bonds. The third-order valence-corrected chi connectivity index (χ3v) is 3.23. The summed E-state index contributed by atoms with van der Waals surface area (Å²) in [6.07, 6.45) is -4.84. The highest BCUT2D eigenvalue weighted by Crippen LogP contribution is 2.32. The molecule has 0 aromatic heterocycles. The van der Waals surface area contributed by atoms with E-state index >= 15 is 0 Å². The van der Waals surface area contributed by atoms with Crippen molar-refractivity contribution < 1.29 is 22.4 Å². The summed E-state index contributed by atoms with van der Waals surface area (Å²) in [5.74, 6) is -2.05. The Hall–Kier alpha value is -1.63. The molecule has 2 N–H and O–H groups in total. The van der Waals surface area contributed by atoms with Gasteiger partial charge in [-0.3, -0.25) is 4.79 Å². The highest BCUT2D eigenvalue weighted by molar-refractivity contribution is 5.94. The molecule has 0 saturated heterocycles. The van der Waals surface area contributed by atoms with Crippen molar-refractivity contribution in [3.05, 3.63) is 35.1 Å². The molecule has 0 fully saturated rings. The summed E-state index contributed by atoms with van der Waals surface area (Å²) in [6, 6.07) is 2.18. The van der Waals surface area contributed by atoms with E-state index in [0.717, 1.165) is 6.07 Å². The Balaban J connectivity index is 3.19. The van der Waals surface area contributed by atoms with Gasteiger partial charge in [0.1, 0.15) is 5.82 Å². The largest absolute Gasteiger partial charge is 0.419 e. The van der Waals surface area contributed by atoms with Crippen LogP contribution in [0.15, 0.2) is 18.2 Å². The van der Waals surface area contributed by atoms with Crippen molar-refractivity contribution in [2.75, 3.05) is 13.6 Å². The summed E-state index contributed by atoms with van der Waals surface area (Å²) >= 11 is 0. The van der Waals surface area contributed by atoms with Gasteiger partial charge < -0.3 is 10.6 Å². The van der Waals surface area contributed by atoms with Crippen molar-refractivity contribution in [3.63, 3.8) is 0 Å². The first-order chi connectivity index (χ1) is 9.00. The maximum absolute atomic E-state index is 13.2. The van der Waals surface area contributed by atoms with Crippen molar-refractivity contribution in [1.29, 1.82) is 0 Å². The Morgan fingerprint density at radius 1 is 1.30 bits per heavy atom. The van der Waals surface area contributed by atoms with Gasteiger partial charge in [-0.05, 0) is 32.0 Å². The van der Waals surface area contributed by atoms with Gasteiger partial charge in [0.05, 0.1) is 5.56 Å². The fourth-order valence-electron chi connectivity index (χ4n) is 1.48. The number of carbonyl (C=O) groups excluding carboxylic acids is 1. The summed E-state index contributed by atoms with van der Waals surface area (Å²) in [7, 11) is 1.44. The number of hydrogen-bond acceptors (Lipinski definition) is 2. The molecule has 7 heteroatoms. The zero-order valence-corrected chi connectivity index (χ0v) is 11.4. The van der Waals surface area contributed by atoms with E-state index in [4.69, 9.17) is 5.73 Å². The zero-order valence-electron chi connectivity index (χ0n) is 11.4. The number of nitrogens with zero attached hydrogens (tertiary/aromatic N) is 1. The lowest BCUT2D eigenvalue weighted by molar-refractivity contribution is -0.140. The van der Waals surface area contributed by atoms with Crippen LogP contribution in [0.5, 0.6) is 0 Å². The molecule has 3 nitrogen and oxygen atoms in total. The second-order valence-electron chi connectivity index (χ2n) is 5.07. The highest BCUT2D eigenvalue weighted by atomic mass is 19.4. The van der Waals surface area contributed by atoms with Crippen LogP contribution in [0.25, 0.3) is 0 Å². The average molecular weight is 292 g/mol. The molecule has 0 aliphatic rings. The van der Waals surface area contributed by atoms with Crippen LogP contribution in [0.1, 0.15) is 29.8 Å². The van der Waals surface area contributed by atoms with Crippen LogP contribution in [-0.4, -0.2) is 29.9 Å². The van der Waals surface area contributed by atoms with E-state index < -0.39 is 29.0 Å². The van der Waals surface area contributed by atoms with Crippen LogP contribution in [0, 0.1) is 5.82 Å². The molecule has 1 aromatic rings. The molecular weight excluding hydrogens is 276 g/mol. The van der Waals surface area contributed by atoms with E-state index in [2.05, 4.69) is 0 Å². The van der Waals surface area contributed by atoms with Crippen molar-refractivity contribution in [1.82, 2.24) is 4.90 Å². The molecule has 0 spiro atoms. The van der Waals surface area contributed by atoms with Gasteiger partial charge in [-0.1, -0.05) is 0 Å². The summed E-state index contributed by atoms with van der Waals surface area (Å²) in [5.41, 5.74) is 3.10. The molecule has 0 heterocycles. The third-order valence-electron chi connectivity index (χ3n) is 3.23. The monoisotopic (exact) mass is 292 g/mol. The number of benzene rings is 1. The fourth-order valence-corrected chi connectivity index (χ4v) is 1.48. The number of halogens is 4. The van der Waals surface area contributed by atoms with Crippen LogP contribution < -0.4 is 5.73 Å². The smallest absolute Gasteiger partial charge is 0.335 e. The summed E-state index contributed by atoms with van der Waals surface area (Å²) in [4.78, 5) is 13.4. The molecule has 0 aliphatic carbocycles. The van der Waals surface area contributed by atoms with Gasteiger partial charge in [0, 0.05) is 24.7 Å². The molecular formula is C13H16F4N2O. The van der Waals surface area contributed by atoms with Gasteiger partial charge in [-0.15, -0.1) is 0 Å². The van der Waals surface area contributed by atoms with E-state index in [-0.39, 0.29) is 12.1 Å². The Morgan fingerprint density at radius 2 is 1.85 bits per heavy atom. The van der Waals surface area contributed by atoms with Crippen molar-refractivity contribution >= 4 is 5.91 Å². The highest BCUT2D eigenvalue weighted by Gasteiger charge is 2.35. The number of nitrogens with two attached hydrogens (primary N) is 1. The Morgan fingerprint density at radius 3 is 2.30 bits per heavy atom. The third kappa shape index (κ3) is 3.27. The lowest BCUT2D eigenvalue weighted by Crippen LogP contribution is -2.50. The lowest BCUT2D eigenvalue weighted by atomic mass is 10.0. The molecule has 0 aliphatic heterocycles. The summed E-state index contributed by atoms with van der Waals surface area (Å²) in [6.45, 7) is 3.50. The molecule has 0 bridgehead atoms. The van der Waals surface area contributed by atoms with Gasteiger partial charge in [-0.25, -0.2) is 4.39 Å². The van der Waals surface area contributed by atoms with Crippen LogP contribution in [-0.2, 0) is 6.18 Å². The second kappa shape index (κ2) is 5.40. The normalized spacial score (nSPS) is 12.4. The number of hydrogen-bond donors (Lipinski definition) is 1. The van der Waals surface area contributed by atoms with Gasteiger partial charge >= 0.3 is 6.18 Å². The van der Waals surface area contributed by atoms with Crippen LogP contribution in [0.3, 0.4) is 0 Å². The summed E-state index contributed by atoms with van der Waals surface area (Å²) < 4.78 is 51.0. The number of alkyl halides is 3. The van der Waals surface area contributed by atoms with Crippen LogP contribution in [0.2, 0.25) is 0 Å². The van der Waals surface area contributed by atoms with Gasteiger partial charge in [0.25, 0.3) is 5.91 Å². The molecule has 1 rings (SSSR count). The van der Waals surface area contributed by atoms with E-state index in [1.165, 1.54) is 11.9 Å². The van der Waals surface area contributed by atoms with Gasteiger partial charge in [-0.2, -0.15) is 13.2 Å². The topological polar surface area (TPSA) is 46.3 Å². The molecule has 1 aromatic carbocycles. The van der Waals surface area contributed by atoms with Crippen molar-refractivity contribution in [2.24, 2.45) is 5.73 Å². The molecule has 0 radical (unpaired) electrons. The Kier molecular flexibility index (Phi) is 4.43. The minimum atomic E-state index is -4.84. The van der Waals surface area contributed by atoms with Crippen LogP contribution in [0.4, 0.5) is 17.6 Å². The fraction of sp³-hybridized carbons (Fsp3) is 0.462. The van der Waals surface area contributed by atoms with E-state index in [0.29, 0.717) is 12.1 Å². The predicted octanol–water partition coefficient (Wildman–Crippen LogP) is 2.65. The minimum absolute atomic E-state index is 0.141. The van der Waals surface area contributed by atoms with Crippen LogP contribution >= 0.6 is 0 Å². The minimum Gasteiger partial charge on any atom is -0.335 e. The zero-order chi connectivity index (χ0) is 15.7. The molecule has 20 heavy (non-hydrogen) atoms. The maximum Gasteiger partial charge on any atom is 0.419 e. The first kappa shape index (κ1) is 16.4.